The number of thiol groups is 1. The van der Waals surface area contributed by atoms with Crippen molar-refractivity contribution in [1.29, 1.82) is 0 Å². The number of ether oxygens (including phenoxy) is 1. The van der Waals surface area contributed by atoms with Gasteiger partial charge >= 0.3 is 43.1 Å². The molecule has 0 saturated carbocycles. The van der Waals surface area contributed by atoms with E-state index in [0.29, 0.717) is 23.5 Å². The van der Waals surface area contributed by atoms with Gasteiger partial charge in [-0.15, -0.1) is 0 Å². The molecule has 53 heavy (non-hydrogen) atoms. The molecule has 5 heterocycles. The number of hydrogen-bond acceptors (Lipinski definition) is 11. The van der Waals surface area contributed by atoms with Crippen LogP contribution in [-0.4, -0.2) is 49.8 Å². The number of nitrogens with two attached hydrogens (primary N) is 1. The van der Waals surface area contributed by atoms with Crippen LogP contribution in [0.2, 0.25) is 15.1 Å². The topological polar surface area (TPSA) is 163 Å². The summed E-state index contributed by atoms with van der Waals surface area (Å²) in [6.07, 6.45) is -5.49. The molecule has 12 nitrogen and oxygen atoms in total. The summed E-state index contributed by atoms with van der Waals surface area (Å²) in [5.74, 6) is -0.104. The first-order chi connectivity index (χ1) is 24.5. The van der Waals surface area contributed by atoms with Crippen LogP contribution in [0.5, 0.6) is 0 Å². The summed E-state index contributed by atoms with van der Waals surface area (Å²) in [7, 11) is 4.34. The molecule has 1 radical (unpaired) electrons. The molecule has 0 aromatic carbocycles. The number of carbonyl (C=O) groups is 2. The first-order valence-electron chi connectivity index (χ1n) is 13.8. The van der Waals surface area contributed by atoms with Crippen LogP contribution in [0, 0.1) is 0 Å². The van der Waals surface area contributed by atoms with E-state index >= 15 is 0 Å². The van der Waals surface area contributed by atoms with E-state index < -0.39 is 45.3 Å². The van der Waals surface area contributed by atoms with Crippen molar-refractivity contribution in [3.05, 3.63) is 113 Å². The van der Waals surface area contributed by atoms with E-state index in [1.165, 1.54) is 49.8 Å². The molecule has 0 atom stereocenters. The molecule has 24 heteroatoms. The van der Waals surface area contributed by atoms with Gasteiger partial charge in [0.1, 0.15) is 33.8 Å². The fourth-order valence-electron chi connectivity index (χ4n) is 3.30. The predicted molar refractivity (Wildman–Crippen MR) is 193 cm³/mol. The van der Waals surface area contributed by atoms with Crippen molar-refractivity contribution in [3.8, 4) is 0 Å². The van der Waals surface area contributed by atoms with Gasteiger partial charge < -0.3 is 10.5 Å². The predicted octanol–water partition coefficient (Wildman–Crippen LogP) is 7.53. The van der Waals surface area contributed by atoms with Gasteiger partial charge in [-0.05, 0) is 66.2 Å². The van der Waals surface area contributed by atoms with E-state index in [1.807, 2.05) is 0 Å². The molecule has 5 rings (SSSR count). The monoisotopic (exact) mass is 890 g/mol. The number of nitrogen functional groups attached to an aromatic ring is 1. The van der Waals surface area contributed by atoms with Gasteiger partial charge in [-0.25, -0.2) is 15.0 Å². The number of rotatable bonds is 3. The zero-order valence-electron chi connectivity index (χ0n) is 26.8. The number of aromatic nitrogens is 5. The fourth-order valence-corrected chi connectivity index (χ4v) is 4.24. The van der Waals surface area contributed by atoms with E-state index in [0.717, 1.165) is 8.80 Å². The molecule has 0 amide bonds. The van der Waals surface area contributed by atoms with Crippen molar-refractivity contribution >= 4 is 100 Å². The summed E-state index contributed by atoms with van der Waals surface area (Å²) >= 11 is 22.5. The number of alkyl halides is 6. The third kappa shape index (κ3) is 16.2. The average molecular weight is 893 g/mol. The van der Waals surface area contributed by atoms with Gasteiger partial charge in [0, 0.05) is 24.7 Å². The maximum absolute atomic E-state index is 12.6. The van der Waals surface area contributed by atoms with E-state index in [1.54, 1.807) is 19.1 Å². The standard InChI is InChI=1S/C9H3BrClF3N2O.C9H4ClF3N2O.C6H10O3.C5H5ClN2.BHNS/c10-6-7(9(12,13)14)15-5-2-1-4(11)3-16(5)8(6)17;10-5-1-2-7-14-6(9(11,12)13)3-8(16)15(7)4-5;1-3-9-6(8)4-5(2)7;6-4-1-2-5(7)8-3-4;1-2-3/h1-3H;1-4H;3-4H2,1-2H3;1-3H,(H2,7,8);3H. The van der Waals surface area contributed by atoms with Crippen LogP contribution in [0.1, 0.15) is 31.7 Å². The van der Waals surface area contributed by atoms with Gasteiger partial charge in [-0.1, -0.05) is 34.8 Å². The van der Waals surface area contributed by atoms with Gasteiger partial charge in [0.15, 0.2) is 11.4 Å². The Hall–Kier alpha value is -4.05. The van der Waals surface area contributed by atoms with Crippen LogP contribution >= 0.6 is 63.5 Å². The van der Waals surface area contributed by atoms with Crippen LogP contribution in [0.4, 0.5) is 32.2 Å². The Bertz CT molecular complexity index is 2140. The van der Waals surface area contributed by atoms with Crippen LogP contribution in [0.25, 0.3) is 11.3 Å². The van der Waals surface area contributed by atoms with E-state index in [4.69, 9.17) is 40.5 Å². The second-order valence-electron chi connectivity index (χ2n) is 9.41. The van der Waals surface area contributed by atoms with Crippen molar-refractivity contribution in [1.82, 2.24) is 23.8 Å². The fraction of sp³-hybridized carbons (Fsp3) is 0.207. The number of fused-ring (bicyclic) bond motifs is 2. The molecule has 2 N–H and O–H groups in total. The molecule has 5 aromatic heterocycles. The molecule has 0 aliphatic rings. The normalized spacial score (nSPS) is 10.6. The summed E-state index contributed by atoms with van der Waals surface area (Å²) in [4.78, 5) is 54.1. The number of halogens is 10. The number of pyridine rings is 3. The van der Waals surface area contributed by atoms with E-state index in [2.05, 4.69) is 60.4 Å². The second kappa shape index (κ2) is 21.6. The number of hydrogen-bond donors (Lipinski definition) is 2. The van der Waals surface area contributed by atoms with Gasteiger partial charge in [0.05, 0.1) is 21.7 Å². The third-order valence-corrected chi connectivity index (χ3v) is 6.75. The summed E-state index contributed by atoms with van der Waals surface area (Å²) in [6, 6.07) is 9.00. The minimum atomic E-state index is -4.69. The van der Waals surface area contributed by atoms with Crippen molar-refractivity contribution in [3.63, 3.8) is 0 Å². The van der Waals surface area contributed by atoms with Crippen molar-refractivity contribution in [2.75, 3.05) is 12.3 Å². The molecule has 0 spiro atoms. The number of Topliss-reactive ketones (excluding diaryl/α,β-unsaturated/α-hetero) is 1. The number of carbonyl (C=O) groups excluding carboxylic acids is 2. The van der Waals surface area contributed by atoms with E-state index in [-0.39, 0.29) is 33.5 Å². The maximum atomic E-state index is 12.6. The quantitative estimate of drug-likeness (QED) is 0.0613. The Balaban J connectivity index is 0.000000360. The van der Waals surface area contributed by atoms with E-state index in [9.17, 15) is 45.5 Å². The molecule has 0 saturated heterocycles. The number of esters is 1. The summed E-state index contributed by atoms with van der Waals surface area (Å²) in [6.45, 7) is 3.40. The number of anilines is 1. The third-order valence-electron chi connectivity index (χ3n) is 5.36. The minimum absolute atomic E-state index is 0.0933. The molecular formula is C29H23BBrCl3F6N7O5S. The Morgan fingerprint density at radius 1 is 0.925 bits per heavy atom. The number of nitrogens with zero attached hydrogens (tertiary/aromatic N) is 6. The van der Waals surface area contributed by atoms with Crippen LogP contribution in [0.3, 0.4) is 0 Å². The second-order valence-corrected chi connectivity index (χ2v) is 11.7. The summed E-state index contributed by atoms with van der Waals surface area (Å²) in [5, 5.41) is 1.09. The first-order valence-corrected chi connectivity index (χ1v) is 16.1. The van der Waals surface area contributed by atoms with Crippen molar-refractivity contribution in [2.45, 2.75) is 32.6 Å². The van der Waals surface area contributed by atoms with Crippen molar-refractivity contribution in [2.24, 2.45) is 4.30 Å². The first kappa shape index (κ1) is 47.0. The molecule has 0 unspecified atom stereocenters. The SMILES string of the molecule is CCOC(=O)CC(C)=O.Nc1ccc(Cl)cn1.O=c1c(Br)c(C(F)(F)F)nc2ccc(Cl)cn12.O=c1cc(C(F)(F)F)nc2ccc(Cl)cn12.[B]=NS. The molecular weight excluding hydrogens is 869 g/mol. The molecule has 0 fully saturated rings. The zero-order valence-corrected chi connectivity index (χ0v) is 31.5. The van der Waals surface area contributed by atoms with Gasteiger partial charge in [-0.2, -0.15) is 26.3 Å². The molecule has 0 bridgehead atoms. The zero-order chi connectivity index (χ0) is 40.7. The Morgan fingerprint density at radius 3 is 1.87 bits per heavy atom. The molecule has 5 aromatic rings. The Kier molecular flexibility index (Phi) is 19.1. The molecule has 283 valence electrons. The average Bonchev–Trinajstić information content (AvgIpc) is 3.05. The Morgan fingerprint density at radius 2 is 1.43 bits per heavy atom. The summed E-state index contributed by atoms with van der Waals surface area (Å²) in [5.41, 5.74) is 0.918. The van der Waals surface area contributed by atoms with Gasteiger partial charge in [0.2, 0.25) is 0 Å². The molecule has 0 aliphatic carbocycles. The van der Waals surface area contributed by atoms with Crippen LogP contribution < -0.4 is 16.9 Å². The number of ketones is 1. The Labute approximate surface area is 325 Å². The summed E-state index contributed by atoms with van der Waals surface area (Å²) < 4.78 is 83.2. The van der Waals surface area contributed by atoms with Gasteiger partial charge in [-0.3, -0.25) is 28.0 Å². The van der Waals surface area contributed by atoms with Crippen LogP contribution in [-0.2, 0) is 26.7 Å². The van der Waals surface area contributed by atoms with Crippen LogP contribution in [0.15, 0.2) is 79.4 Å². The van der Waals surface area contributed by atoms with Crippen molar-refractivity contribution < 1.29 is 40.7 Å². The molecule has 0 aliphatic heterocycles. The van der Waals surface area contributed by atoms with Gasteiger partial charge in [0.25, 0.3) is 11.1 Å².